The molecular weight excluding hydrogens is 364 g/mol. The number of hydrogen-bond acceptors (Lipinski definition) is 4. The molecule has 1 heterocycles. The number of fused-ring (bicyclic) bond motifs is 2. The number of aryl methyl sites for hydroxylation is 1. The molecule has 1 atom stereocenters. The highest BCUT2D eigenvalue weighted by Gasteiger charge is 2.28. The zero-order valence-electron chi connectivity index (χ0n) is 16.7. The molecule has 0 N–H and O–H groups in total. The Kier molecular flexibility index (Phi) is 5.30. The number of likely N-dealkylation sites (N-methyl/N-ethyl adjacent to an activating group) is 1. The van der Waals surface area contributed by atoms with E-state index in [4.69, 9.17) is 9.72 Å². The molecule has 0 radical (unpaired) electrons. The van der Waals surface area contributed by atoms with Crippen LogP contribution in [0.4, 0.5) is 5.69 Å². The van der Waals surface area contributed by atoms with Crippen molar-refractivity contribution in [1.82, 2.24) is 4.98 Å². The van der Waals surface area contributed by atoms with E-state index in [9.17, 15) is 9.59 Å². The summed E-state index contributed by atoms with van der Waals surface area (Å²) >= 11 is 0. The van der Waals surface area contributed by atoms with Crippen molar-refractivity contribution in [2.24, 2.45) is 0 Å². The van der Waals surface area contributed by atoms with Gasteiger partial charge < -0.3 is 9.64 Å². The molecule has 4 rings (SSSR count). The molecule has 1 aliphatic carbocycles. The molecule has 2 aromatic carbocycles. The highest BCUT2D eigenvalue weighted by molar-refractivity contribution is 6.06. The molecule has 0 spiro atoms. The minimum atomic E-state index is -0.890. The maximum absolute atomic E-state index is 13.2. The van der Waals surface area contributed by atoms with E-state index in [1.54, 1.807) is 14.0 Å². The van der Waals surface area contributed by atoms with Crippen molar-refractivity contribution < 1.29 is 14.3 Å². The van der Waals surface area contributed by atoms with Crippen molar-refractivity contribution in [2.45, 2.75) is 38.7 Å². The Morgan fingerprint density at radius 2 is 1.69 bits per heavy atom. The Labute approximate surface area is 170 Å². The van der Waals surface area contributed by atoms with Crippen molar-refractivity contribution in [1.29, 1.82) is 0 Å². The maximum atomic E-state index is 13.2. The lowest BCUT2D eigenvalue weighted by molar-refractivity contribution is -0.126. The normalized spacial score (nSPS) is 14.1. The van der Waals surface area contributed by atoms with Crippen LogP contribution in [0.5, 0.6) is 0 Å². The monoisotopic (exact) mass is 388 g/mol. The third kappa shape index (κ3) is 3.73. The van der Waals surface area contributed by atoms with Gasteiger partial charge in [0.2, 0.25) is 0 Å². The lowest BCUT2D eigenvalue weighted by Crippen LogP contribution is -2.37. The fraction of sp³-hybridized carbons (Fsp3) is 0.292. The van der Waals surface area contributed by atoms with Crippen LogP contribution in [0.25, 0.3) is 10.9 Å². The second-order valence-electron chi connectivity index (χ2n) is 7.42. The first-order valence-electron chi connectivity index (χ1n) is 10.0. The zero-order valence-corrected chi connectivity index (χ0v) is 16.7. The lowest BCUT2D eigenvalue weighted by Gasteiger charge is -2.23. The SMILES string of the molecule is C[C@H](OC(=O)c1c2c(nc3ccccc13)CCCC2)C(=O)N(C)c1ccccc1. The third-order valence-corrected chi connectivity index (χ3v) is 5.48. The van der Waals surface area contributed by atoms with Gasteiger partial charge >= 0.3 is 5.97 Å². The number of rotatable bonds is 4. The van der Waals surface area contributed by atoms with Gasteiger partial charge in [-0.15, -0.1) is 0 Å². The number of nitrogens with zero attached hydrogens (tertiary/aromatic N) is 2. The average molecular weight is 388 g/mol. The number of para-hydroxylation sites is 2. The van der Waals surface area contributed by atoms with E-state index in [-0.39, 0.29) is 5.91 Å². The number of hydrogen-bond donors (Lipinski definition) is 0. The van der Waals surface area contributed by atoms with Crippen molar-refractivity contribution in [2.75, 3.05) is 11.9 Å². The van der Waals surface area contributed by atoms with Gasteiger partial charge in [0.15, 0.2) is 6.10 Å². The van der Waals surface area contributed by atoms with Crippen molar-refractivity contribution in [3.8, 4) is 0 Å². The molecule has 0 saturated carbocycles. The van der Waals surface area contributed by atoms with Crippen LogP contribution in [-0.2, 0) is 22.4 Å². The molecule has 148 valence electrons. The third-order valence-electron chi connectivity index (χ3n) is 5.48. The first-order chi connectivity index (χ1) is 14.1. The first-order valence-corrected chi connectivity index (χ1v) is 10.0. The van der Waals surface area contributed by atoms with Gasteiger partial charge in [-0.2, -0.15) is 0 Å². The molecule has 1 aliphatic rings. The number of ether oxygens (including phenoxy) is 1. The molecule has 0 fully saturated rings. The van der Waals surface area contributed by atoms with E-state index < -0.39 is 12.1 Å². The van der Waals surface area contributed by atoms with Crippen LogP contribution in [0.3, 0.4) is 0 Å². The highest BCUT2D eigenvalue weighted by atomic mass is 16.5. The van der Waals surface area contributed by atoms with Crippen LogP contribution in [0.2, 0.25) is 0 Å². The predicted octanol–water partition coefficient (Wildman–Crippen LogP) is 4.32. The predicted molar refractivity (Wildman–Crippen MR) is 113 cm³/mol. The Balaban J connectivity index is 1.63. The summed E-state index contributed by atoms with van der Waals surface area (Å²) in [4.78, 5) is 32.3. The van der Waals surface area contributed by atoms with Gasteiger partial charge in [-0.1, -0.05) is 36.4 Å². The van der Waals surface area contributed by atoms with E-state index in [1.165, 1.54) is 4.90 Å². The minimum Gasteiger partial charge on any atom is -0.449 e. The van der Waals surface area contributed by atoms with E-state index in [1.807, 2.05) is 54.6 Å². The van der Waals surface area contributed by atoms with Gasteiger partial charge in [0.1, 0.15) is 0 Å². The van der Waals surface area contributed by atoms with Crippen LogP contribution in [0.15, 0.2) is 54.6 Å². The van der Waals surface area contributed by atoms with Crippen molar-refractivity contribution >= 4 is 28.5 Å². The number of amides is 1. The second-order valence-corrected chi connectivity index (χ2v) is 7.42. The van der Waals surface area contributed by atoms with Crippen LogP contribution in [0, 0.1) is 0 Å². The van der Waals surface area contributed by atoms with Gasteiger partial charge in [0.05, 0.1) is 11.1 Å². The number of esters is 1. The number of aromatic nitrogens is 1. The summed E-state index contributed by atoms with van der Waals surface area (Å²) in [5.41, 5.74) is 4.05. The quantitative estimate of drug-likeness (QED) is 0.625. The van der Waals surface area contributed by atoms with Gasteiger partial charge in [-0.3, -0.25) is 9.78 Å². The number of benzene rings is 2. The zero-order chi connectivity index (χ0) is 20.4. The Hall–Kier alpha value is -3.21. The standard InChI is InChI=1S/C24H24N2O3/c1-16(23(27)26(2)17-10-4-3-5-11-17)29-24(28)22-18-12-6-8-14-20(18)25-21-15-9-7-13-19(21)22/h3-6,8,10-12,14,16H,7,9,13,15H2,1-2H3/t16-/m0/s1. The molecule has 5 heteroatoms. The number of pyridine rings is 1. The van der Waals surface area contributed by atoms with Gasteiger partial charge in [0, 0.05) is 23.8 Å². The van der Waals surface area contributed by atoms with Crippen LogP contribution >= 0.6 is 0 Å². The average Bonchev–Trinajstić information content (AvgIpc) is 2.76. The summed E-state index contributed by atoms with van der Waals surface area (Å²) in [5.74, 6) is -0.721. The van der Waals surface area contributed by atoms with E-state index >= 15 is 0 Å². The van der Waals surface area contributed by atoms with E-state index in [2.05, 4.69) is 0 Å². The molecule has 1 amide bonds. The summed E-state index contributed by atoms with van der Waals surface area (Å²) in [6, 6.07) is 16.9. The largest absolute Gasteiger partial charge is 0.449 e. The van der Waals surface area contributed by atoms with Crippen LogP contribution < -0.4 is 4.90 Å². The summed E-state index contributed by atoms with van der Waals surface area (Å²) in [6.07, 6.45) is 2.89. The Morgan fingerprint density at radius 1 is 1.00 bits per heavy atom. The van der Waals surface area contributed by atoms with Crippen molar-refractivity contribution in [3.05, 3.63) is 71.4 Å². The lowest BCUT2D eigenvalue weighted by atomic mass is 9.90. The maximum Gasteiger partial charge on any atom is 0.339 e. The molecule has 29 heavy (non-hydrogen) atoms. The van der Waals surface area contributed by atoms with Crippen LogP contribution in [-0.4, -0.2) is 30.0 Å². The van der Waals surface area contributed by atoms with Gasteiger partial charge in [-0.25, -0.2) is 4.79 Å². The fourth-order valence-corrected chi connectivity index (χ4v) is 3.93. The summed E-state index contributed by atoms with van der Waals surface area (Å²) in [7, 11) is 1.69. The number of carbonyl (C=O) groups excluding carboxylic acids is 2. The topological polar surface area (TPSA) is 59.5 Å². The first kappa shape index (κ1) is 19.1. The molecule has 0 bridgehead atoms. The molecule has 0 unspecified atom stereocenters. The molecule has 0 aliphatic heterocycles. The second kappa shape index (κ2) is 8.03. The molecule has 3 aromatic rings. The van der Waals surface area contributed by atoms with E-state index in [0.29, 0.717) is 5.56 Å². The van der Waals surface area contributed by atoms with Crippen LogP contribution in [0.1, 0.15) is 41.4 Å². The summed E-state index contributed by atoms with van der Waals surface area (Å²) in [6.45, 7) is 1.62. The highest BCUT2D eigenvalue weighted by Crippen LogP contribution is 2.30. The molecule has 5 nitrogen and oxygen atoms in total. The van der Waals surface area contributed by atoms with Gasteiger partial charge in [0.25, 0.3) is 5.91 Å². The molecular formula is C24H24N2O3. The van der Waals surface area contributed by atoms with Gasteiger partial charge in [-0.05, 0) is 56.4 Å². The summed E-state index contributed by atoms with van der Waals surface area (Å²) in [5, 5.41) is 0.786. The van der Waals surface area contributed by atoms with E-state index in [0.717, 1.165) is 53.5 Å². The summed E-state index contributed by atoms with van der Waals surface area (Å²) < 4.78 is 5.66. The fourth-order valence-electron chi connectivity index (χ4n) is 3.93. The Morgan fingerprint density at radius 3 is 2.48 bits per heavy atom. The Bertz CT molecular complexity index is 1060. The van der Waals surface area contributed by atoms with Crippen molar-refractivity contribution in [3.63, 3.8) is 0 Å². The smallest absolute Gasteiger partial charge is 0.339 e. The molecule has 1 aromatic heterocycles. The molecule has 0 saturated heterocycles. The number of anilines is 1. The number of carbonyl (C=O) groups is 2. The minimum absolute atomic E-state index is 0.267.